The number of hydrogen-bond acceptors (Lipinski definition) is 5. The third-order valence-corrected chi connectivity index (χ3v) is 4.34. The summed E-state index contributed by atoms with van der Waals surface area (Å²) in [4.78, 5) is 11.1. The molecular weight excluding hydrogens is 334 g/mol. The van der Waals surface area contributed by atoms with Crippen LogP contribution in [0.15, 0.2) is 54.6 Å². The molecule has 0 radical (unpaired) electrons. The van der Waals surface area contributed by atoms with E-state index in [1.165, 1.54) is 5.56 Å². The van der Waals surface area contributed by atoms with Crippen LogP contribution in [0, 0.1) is 6.92 Å². The average Bonchev–Trinajstić information content (AvgIpc) is 2.62. The summed E-state index contributed by atoms with van der Waals surface area (Å²) in [5, 5.41) is 6.81. The van der Waals surface area contributed by atoms with Gasteiger partial charge in [-0.05, 0) is 48.7 Å². The molecule has 0 amide bonds. The third-order valence-electron chi connectivity index (χ3n) is 4.34. The molecule has 5 nitrogen and oxygen atoms in total. The molecule has 0 aliphatic rings. The van der Waals surface area contributed by atoms with E-state index >= 15 is 0 Å². The highest BCUT2D eigenvalue weighted by Crippen LogP contribution is 2.27. The normalized spacial score (nSPS) is 10.7. The van der Waals surface area contributed by atoms with E-state index in [4.69, 9.17) is 0 Å². The quantitative estimate of drug-likeness (QED) is 0.610. The molecule has 0 spiro atoms. The number of aromatic nitrogens is 2. The third kappa shape index (κ3) is 4.76. The SMILES string of the molecule is Cc1nc(Nc2ccc(N(C)C)cc2)cc(Nc2ccccc2C(C)C)n1. The number of aryl methyl sites for hydroxylation is 1. The van der Waals surface area contributed by atoms with Crippen molar-refractivity contribution in [1.82, 2.24) is 9.97 Å². The van der Waals surface area contributed by atoms with Gasteiger partial charge in [-0.1, -0.05) is 32.0 Å². The standard InChI is InChI=1S/C22H27N5/c1-15(2)19-8-6-7-9-20(19)26-22-14-21(23-16(3)24-22)25-17-10-12-18(13-11-17)27(4)5/h6-15H,1-5H3,(H2,23,24,25,26). The Bertz CT molecular complexity index is 901. The summed E-state index contributed by atoms with van der Waals surface area (Å²) in [7, 11) is 4.06. The predicted molar refractivity (Wildman–Crippen MR) is 115 cm³/mol. The first-order chi connectivity index (χ1) is 12.9. The summed E-state index contributed by atoms with van der Waals surface area (Å²) in [6.07, 6.45) is 0. The molecule has 0 aliphatic heterocycles. The molecule has 0 fully saturated rings. The zero-order valence-corrected chi connectivity index (χ0v) is 16.6. The van der Waals surface area contributed by atoms with Gasteiger partial charge < -0.3 is 15.5 Å². The molecule has 0 atom stereocenters. The van der Waals surface area contributed by atoms with Gasteiger partial charge in [0.25, 0.3) is 0 Å². The number of para-hydroxylation sites is 1. The summed E-state index contributed by atoms with van der Waals surface area (Å²) < 4.78 is 0. The minimum atomic E-state index is 0.435. The van der Waals surface area contributed by atoms with Crippen molar-refractivity contribution in [2.45, 2.75) is 26.7 Å². The number of nitrogens with one attached hydrogen (secondary N) is 2. The van der Waals surface area contributed by atoms with Crippen molar-refractivity contribution < 1.29 is 0 Å². The number of hydrogen-bond donors (Lipinski definition) is 2. The zero-order valence-electron chi connectivity index (χ0n) is 16.6. The molecule has 1 heterocycles. The minimum absolute atomic E-state index is 0.435. The van der Waals surface area contributed by atoms with Crippen molar-refractivity contribution in [3.05, 3.63) is 66.0 Å². The van der Waals surface area contributed by atoms with Crippen molar-refractivity contribution >= 4 is 28.7 Å². The molecule has 140 valence electrons. The Labute approximate surface area is 161 Å². The van der Waals surface area contributed by atoms with Crippen LogP contribution in [-0.2, 0) is 0 Å². The van der Waals surface area contributed by atoms with Crippen LogP contribution in [0.1, 0.15) is 31.2 Å². The Balaban J connectivity index is 1.82. The highest BCUT2D eigenvalue weighted by Gasteiger charge is 2.08. The molecule has 3 aromatic rings. The first kappa shape index (κ1) is 18.7. The van der Waals surface area contributed by atoms with Crippen molar-refractivity contribution in [3.63, 3.8) is 0 Å². The zero-order chi connectivity index (χ0) is 19.4. The van der Waals surface area contributed by atoms with Crippen molar-refractivity contribution in [2.75, 3.05) is 29.6 Å². The maximum atomic E-state index is 4.54. The summed E-state index contributed by atoms with van der Waals surface area (Å²) >= 11 is 0. The highest BCUT2D eigenvalue weighted by molar-refractivity contribution is 5.66. The topological polar surface area (TPSA) is 53.1 Å². The van der Waals surface area contributed by atoms with Crippen LogP contribution in [-0.4, -0.2) is 24.1 Å². The molecule has 2 N–H and O–H groups in total. The Hall–Kier alpha value is -3.08. The molecule has 1 aromatic heterocycles. The maximum Gasteiger partial charge on any atom is 0.136 e. The fraction of sp³-hybridized carbons (Fsp3) is 0.273. The fourth-order valence-electron chi connectivity index (χ4n) is 2.94. The number of nitrogens with zero attached hydrogens (tertiary/aromatic N) is 3. The summed E-state index contributed by atoms with van der Waals surface area (Å²) in [5.41, 5.74) is 4.49. The number of benzene rings is 2. The molecule has 0 saturated heterocycles. The molecule has 0 unspecified atom stereocenters. The van der Waals surface area contributed by atoms with Gasteiger partial charge in [0, 0.05) is 37.2 Å². The lowest BCUT2D eigenvalue weighted by Gasteiger charge is -2.16. The van der Waals surface area contributed by atoms with E-state index in [0.29, 0.717) is 5.92 Å². The Kier molecular flexibility index (Phi) is 5.60. The Morgan fingerprint density at radius 3 is 2.11 bits per heavy atom. The van der Waals surface area contributed by atoms with Gasteiger partial charge in [0.05, 0.1) is 0 Å². The predicted octanol–water partition coefficient (Wildman–Crippen LogP) is 5.46. The molecule has 3 rings (SSSR count). The van der Waals surface area contributed by atoms with Crippen LogP contribution in [0.5, 0.6) is 0 Å². The summed E-state index contributed by atoms with van der Waals surface area (Å²) in [6, 6.07) is 18.5. The molecule has 5 heteroatoms. The van der Waals surface area contributed by atoms with E-state index in [1.807, 2.05) is 45.3 Å². The Morgan fingerprint density at radius 1 is 0.852 bits per heavy atom. The van der Waals surface area contributed by atoms with Gasteiger partial charge in [0.2, 0.25) is 0 Å². The van der Waals surface area contributed by atoms with Crippen molar-refractivity contribution in [2.24, 2.45) is 0 Å². The van der Waals surface area contributed by atoms with E-state index in [9.17, 15) is 0 Å². The smallest absolute Gasteiger partial charge is 0.136 e. The molecule has 0 aliphatic carbocycles. The second-order valence-electron chi connectivity index (χ2n) is 7.12. The van der Waals surface area contributed by atoms with Crippen LogP contribution in [0.2, 0.25) is 0 Å². The van der Waals surface area contributed by atoms with Gasteiger partial charge in [0.1, 0.15) is 17.5 Å². The molecular formula is C22H27N5. The van der Waals surface area contributed by atoms with Crippen LogP contribution < -0.4 is 15.5 Å². The van der Waals surface area contributed by atoms with E-state index in [1.54, 1.807) is 0 Å². The van der Waals surface area contributed by atoms with Gasteiger partial charge in [-0.3, -0.25) is 0 Å². The van der Waals surface area contributed by atoms with Crippen molar-refractivity contribution in [1.29, 1.82) is 0 Å². The first-order valence-corrected chi connectivity index (χ1v) is 9.18. The summed E-state index contributed by atoms with van der Waals surface area (Å²) in [5.74, 6) is 2.70. The number of rotatable bonds is 6. The lowest BCUT2D eigenvalue weighted by molar-refractivity contribution is 0.868. The van der Waals surface area contributed by atoms with Gasteiger partial charge in [-0.15, -0.1) is 0 Å². The minimum Gasteiger partial charge on any atom is -0.378 e. The van der Waals surface area contributed by atoms with Gasteiger partial charge in [-0.25, -0.2) is 9.97 Å². The Morgan fingerprint density at radius 2 is 1.48 bits per heavy atom. The van der Waals surface area contributed by atoms with Gasteiger partial charge in [-0.2, -0.15) is 0 Å². The number of anilines is 5. The molecule has 0 bridgehead atoms. The van der Waals surface area contributed by atoms with E-state index < -0.39 is 0 Å². The van der Waals surface area contributed by atoms with Gasteiger partial charge in [0.15, 0.2) is 0 Å². The fourth-order valence-corrected chi connectivity index (χ4v) is 2.94. The molecule has 0 saturated carbocycles. The average molecular weight is 361 g/mol. The lowest BCUT2D eigenvalue weighted by Crippen LogP contribution is -2.08. The van der Waals surface area contributed by atoms with E-state index in [-0.39, 0.29) is 0 Å². The highest BCUT2D eigenvalue weighted by atomic mass is 15.1. The summed E-state index contributed by atoms with van der Waals surface area (Å²) in [6.45, 7) is 6.28. The van der Waals surface area contributed by atoms with E-state index in [2.05, 4.69) is 69.7 Å². The van der Waals surface area contributed by atoms with Gasteiger partial charge >= 0.3 is 0 Å². The molecule has 27 heavy (non-hydrogen) atoms. The maximum absolute atomic E-state index is 4.54. The van der Waals surface area contributed by atoms with Crippen LogP contribution in [0.3, 0.4) is 0 Å². The second-order valence-corrected chi connectivity index (χ2v) is 7.12. The van der Waals surface area contributed by atoms with Crippen LogP contribution >= 0.6 is 0 Å². The van der Waals surface area contributed by atoms with Crippen LogP contribution in [0.25, 0.3) is 0 Å². The van der Waals surface area contributed by atoms with Crippen LogP contribution in [0.4, 0.5) is 28.7 Å². The van der Waals surface area contributed by atoms with Crippen molar-refractivity contribution in [3.8, 4) is 0 Å². The van der Waals surface area contributed by atoms with E-state index in [0.717, 1.165) is 34.5 Å². The first-order valence-electron chi connectivity index (χ1n) is 9.18. The second kappa shape index (κ2) is 8.08. The monoisotopic (exact) mass is 361 g/mol. The molecule has 2 aromatic carbocycles. The lowest BCUT2D eigenvalue weighted by atomic mass is 10.0. The largest absolute Gasteiger partial charge is 0.378 e.